The van der Waals surface area contributed by atoms with Crippen molar-refractivity contribution in [1.29, 1.82) is 0 Å². The first-order valence-corrected chi connectivity index (χ1v) is 8.35. The van der Waals surface area contributed by atoms with Gasteiger partial charge in [-0.1, -0.05) is 0 Å². The molecule has 0 saturated carbocycles. The maximum absolute atomic E-state index is 12.3. The molecule has 0 radical (unpaired) electrons. The molecule has 3 rings (SSSR count). The van der Waals surface area contributed by atoms with E-state index in [0.717, 1.165) is 25.1 Å². The van der Waals surface area contributed by atoms with E-state index in [1.165, 1.54) is 13.1 Å². The van der Waals surface area contributed by atoms with E-state index in [9.17, 15) is 9.59 Å². The predicted molar refractivity (Wildman–Crippen MR) is 95.3 cm³/mol. The van der Waals surface area contributed by atoms with E-state index in [1.807, 2.05) is 12.1 Å². The van der Waals surface area contributed by atoms with Gasteiger partial charge in [0.25, 0.3) is 5.91 Å². The third kappa shape index (κ3) is 4.64. The maximum Gasteiger partial charge on any atom is 0.253 e. The van der Waals surface area contributed by atoms with Crippen molar-refractivity contribution in [2.75, 3.05) is 18.5 Å². The van der Waals surface area contributed by atoms with Crippen molar-refractivity contribution in [2.45, 2.75) is 25.9 Å². The lowest BCUT2D eigenvalue weighted by atomic mass is 10.1. The van der Waals surface area contributed by atoms with Crippen LogP contribution in [0.4, 0.5) is 11.4 Å². The van der Waals surface area contributed by atoms with Crippen molar-refractivity contribution in [1.82, 2.24) is 10.3 Å². The van der Waals surface area contributed by atoms with Gasteiger partial charge in [0, 0.05) is 30.6 Å². The maximum atomic E-state index is 12.3. The normalized spacial score (nSPS) is 16.4. The van der Waals surface area contributed by atoms with E-state index in [0.29, 0.717) is 23.4 Å². The Morgan fingerprint density at radius 3 is 2.64 bits per heavy atom. The van der Waals surface area contributed by atoms with Crippen molar-refractivity contribution in [3.8, 4) is 0 Å². The van der Waals surface area contributed by atoms with Crippen LogP contribution in [0.15, 0.2) is 42.7 Å². The van der Waals surface area contributed by atoms with Gasteiger partial charge in [0.2, 0.25) is 0 Å². The van der Waals surface area contributed by atoms with Crippen LogP contribution < -0.4 is 10.6 Å². The lowest BCUT2D eigenvalue weighted by molar-refractivity contribution is 0.0857. The number of hydrogen-bond donors (Lipinski definition) is 2. The predicted octanol–water partition coefficient (Wildman–Crippen LogP) is 2.94. The number of nitrogens with one attached hydrogen (secondary N) is 2. The number of amides is 1. The molecule has 25 heavy (non-hydrogen) atoms. The Hall–Kier alpha value is -2.73. The van der Waals surface area contributed by atoms with Gasteiger partial charge in [0.1, 0.15) is 0 Å². The summed E-state index contributed by atoms with van der Waals surface area (Å²) in [5.41, 5.74) is 2.68. The Morgan fingerprint density at radius 1 is 1.16 bits per heavy atom. The molecular formula is C19H21N3O3. The van der Waals surface area contributed by atoms with Crippen LogP contribution in [0.25, 0.3) is 0 Å². The number of carbonyl (C=O) groups is 2. The zero-order chi connectivity index (χ0) is 17.6. The molecule has 1 aliphatic heterocycles. The fourth-order valence-electron chi connectivity index (χ4n) is 2.70. The Kier molecular flexibility index (Phi) is 5.40. The number of Topliss-reactive ketones (excluding diaryl/α,β-unsaturated/α-hetero) is 1. The van der Waals surface area contributed by atoms with E-state index < -0.39 is 0 Å². The standard InChI is InChI=1S/C19H21N3O3/c1-13(23)14-4-6-16(7-5-14)22-17-9-15(10-20-11-17)19(24)21-12-18-3-2-8-25-18/h4-7,9-11,18,22H,2-3,8,12H2,1H3,(H,21,24). The van der Waals surface area contributed by atoms with E-state index in [2.05, 4.69) is 15.6 Å². The largest absolute Gasteiger partial charge is 0.376 e. The van der Waals surface area contributed by atoms with Crippen LogP contribution in [0, 0.1) is 0 Å². The first kappa shape index (κ1) is 17.1. The van der Waals surface area contributed by atoms with Gasteiger partial charge >= 0.3 is 0 Å². The highest BCUT2D eigenvalue weighted by molar-refractivity contribution is 5.95. The summed E-state index contributed by atoms with van der Waals surface area (Å²) in [6.45, 7) is 2.82. The van der Waals surface area contributed by atoms with Gasteiger partial charge in [-0.2, -0.15) is 0 Å². The van der Waals surface area contributed by atoms with Crippen LogP contribution in [0.1, 0.15) is 40.5 Å². The van der Waals surface area contributed by atoms with Crippen molar-refractivity contribution >= 4 is 23.1 Å². The monoisotopic (exact) mass is 339 g/mol. The minimum Gasteiger partial charge on any atom is -0.376 e. The summed E-state index contributed by atoms with van der Waals surface area (Å²) in [5.74, 6) is -0.142. The highest BCUT2D eigenvalue weighted by Crippen LogP contribution is 2.18. The van der Waals surface area contributed by atoms with Crippen LogP contribution in [0.2, 0.25) is 0 Å². The summed E-state index contributed by atoms with van der Waals surface area (Å²) >= 11 is 0. The number of aromatic nitrogens is 1. The number of pyridine rings is 1. The smallest absolute Gasteiger partial charge is 0.253 e. The summed E-state index contributed by atoms with van der Waals surface area (Å²) in [5, 5.41) is 6.07. The molecule has 1 aromatic carbocycles. The molecule has 2 heterocycles. The first-order valence-electron chi connectivity index (χ1n) is 8.35. The quantitative estimate of drug-likeness (QED) is 0.791. The third-order valence-electron chi connectivity index (χ3n) is 4.09. The SMILES string of the molecule is CC(=O)c1ccc(Nc2cncc(C(=O)NCC3CCCO3)c2)cc1. The van der Waals surface area contributed by atoms with Gasteiger partial charge in [-0.15, -0.1) is 0 Å². The summed E-state index contributed by atoms with van der Waals surface area (Å²) in [6, 6.07) is 8.91. The Morgan fingerprint density at radius 2 is 1.96 bits per heavy atom. The molecule has 130 valence electrons. The molecule has 6 nitrogen and oxygen atoms in total. The van der Waals surface area contributed by atoms with E-state index in [4.69, 9.17) is 4.74 Å². The average Bonchev–Trinajstić information content (AvgIpc) is 3.14. The molecule has 2 aromatic rings. The summed E-state index contributed by atoms with van der Waals surface area (Å²) in [6.07, 6.45) is 5.32. The minimum atomic E-state index is -0.168. The van der Waals surface area contributed by atoms with E-state index in [-0.39, 0.29) is 17.8 Å². The lowest BCUT2D eigenvalue weighted by Gasteiger charge is -2.11. The van der Waals surface area contributed by atoms with Crippen LogP contribution >= 0.6 is 0 Å². The number of nitrogens with zero attached hydrogens (tertiary/aromatic N) is 1. The first-order chi connectivity index (χ1) is 12.1. The van der Waals surface area contributed by atoms with Crippen molar-refractivity contribution in [3.05, 3.63) is 53.9 Å². The molecular weight excluding hydrogens is 318 g/mol. The van der Waals surface area contributed by atoms with Crippen LogP contribution in [0.3, 0.4) is 0 Å². The summed E-state index contributed by atoms with van der Waals surface area (Å²) in [7, 11) is 0. The van der Waals surface area contributed by atoms with Crippen molar-refractivity contribution in [3.63, 3.8) is 0 Å². The average molecular weight is 339 g/mol. The van der Waals surface area contributed by atoms with Crippen LogP contribution in [-0.2, 0) is 4.74 Å². The second-order valence-electron chi connectivity index (χ2n) is 6.07. The molecule has 6 heteroatoms. The van der Waals surface area contributed by atoms with Gasteiger partial charge in [-0.05, 0) is 50.1 Å². The van der Waals surface area contributed by atoms with Gasteiger partial charge < -0.3 is 15.4 Å². The van der Waals surface area contributed by atoms with Crippen molar-refractivity contribution in [2.24, 2.45) is 0 Å². The molecule has 2 N–H and O–H groups in total. The molecule has 1 fully saturated rings. The molecule has 1 atom stereocenters. The van der Waals surface area contributed by atoms with E-state index in [1.54, 1.807) is 24.4 Å². The lowest BCUT2D eigenvalue weighted by Crippen LogP contribution is -2.31. The Balaban J connectivity index is 1.62. The minimum absolute atomic E-state index is 0.0260. The third-order valence-corrected chi connectivity index (χ3v) is 4.09. The summed E-state index contributed by atoms with van der Waals surface area (Å²) < 4.78 is 5.50. The molecule has 1 amide bonds. The van der Waals surface area contributed by atoms with E-state index >= 15 is 0 Å². The second kappa shape index (κ2) is 7.90. The number of rotatable bonds is 6. The highest BCUT2D eigenvalue weighted by atomic mass is 16.5. The molecule has 1 saturated heterocycles. The number of anilines is 2. The molecule has 1 unspecified atom stereocenters. The van der Waals surface area contributed by atoms with Crippen LogP contribution in [0.5, 0.6) is 0 Å². The number of hydrogen-bond acceptors (Lipinski definition) is 5. The molecule has 0 aliphatic carbocycles. The summed E-state index contributed by atoms with van der Waals surface area (Å²) in [4.78, 5) is 27.7. The molecule has 1 aliphatic rings. The topological polar surface area (TPSA) is 80.3 Å². The van der Waals surface area contributed by atoms with Crippen molar-refractivity contribution < 1.29 is 14.3 Å². The molecule has 0 spiro atoms. The Bertz CT molecular complexity index is 753. The molecule has 0 bridgehead atoms. The van der Waals surface area contributed by atoms with Gasteiger partial charge in [-0.25, -0.2) is 0 Å². The second-order valence-corrected chi connectivity index (χ2v) is 6.07. The van der Waals surface area contributed by atoms with Gasteiger partial charge in [0.15, 0.2) is 5.78 Å². The number of ketones is 1. The van der Waals surface area contributed by atoms with Gasteiger partial charge in [-0.3, -0.25) is 14.6 Å². The fourth-order valence-corrected chi connectivity index (χ4v) is 2.70. The molecule has 1 aromatic heterocycles. The zero-order valence-electron chi connectivity index (χ0n) is 14.1. The Labute approximate surface area is 146 Å². The number of carbonyl (C=O) groups excluding carboxylic acids is 2. The fraction of sp³-hybridized carbons (Fsp3) is 0.316. The zero-order valence-corrected chi connectivity index (χ0v) is 14.1. The number of ether oxygens (including phenoxy) is 1. The number of benzene rings is 1. The highest BCUT2D eigenvalue weighted by Gasteiger charge is 2.17. The van der Waals surface area contributed by atoms with Gasteiger partial charge in [0.05, 0.1) is 23.6 Å². The van der Waals surface area contributed by atoms with Crippen LogP contribution in [-0.4, -0.2) is 35.9 Å².